The summed E-state index contributed by atoms with van der Waals surface area (Å²) in [6.07, 6.45) is 1.20. The van der Waals surface area contributed by atoms with Crippen LogP contribution in [0.2, 0.25) is 0 Å². The average Bonchev–Trinajstić information content (AvgIpc) is 2.18. The third-order valence-corrected chi connectivity index (χ3v) is 2.27. The molecule has 0 aliphatic carbocycles. The molecule has 1 rings (SSSR count). The van der Waals surface area contributed by atoms with Gasteiger partial charge in [0.25, 0.3) is 0 Å². The van der Waals surface area contributed by atoms with Crippen LogP contribution in [0.25, 0.3) is 0 Å². The van der Waals surface area contributed by atoms with Gasteiger partial charge in [-0.15, -0.1) is 0 Å². The number of hydrogen-bond donors (Lipinski definition) is 1. The van der Waals surface area contributed by atoms with Crippen molar-refractivity contribution < 1.29 is 4.74 Å². The van der Waals surface area contributed by atoms with Crippen molar-refractivity contribution >= 4 is 17.2 Å². The van der Waals surface area contributed by atoms with Gasteiger partial charge in [-0.3, -0.25) is 0 Å². The smallest absolute Gasteiger partial charge is 0.120 e. The molecule has 1 aromatic carbocycles. The minimum atomic E-state index is 0.219. The van der Waals surface area contributed by atoms with Gasteiger partial charge in [0.05, 0.1) is 6.10 Å². The molecule has 76 valence electrons. The Hall–Kier alpha value is -1.09. The summed E-state index contributed by atoms with van der Waals surface area (Å²) < 4.78 is 5.64. The molecule has 0 aliphatic heterocycles. The molecule has 0 fully saturated rings. The Morgan fingerprint density at radius 1 is 1.57 bits per heavy atom. The molecular weight excluding hydrogens is 194 g/mol. The first-order valence-electron chi connectivity index (χ1n) is 4.70. The topological polar surface area (TPSA) is 35.2 Å². The van der Waals surface area contributed by atoms with E-state index in [4.69, 9.17) is 22.7 Å². The molecule has 0 aliphatic rings. The fourth-order valence-corrected chi connectivity index (χ4v) is 1.17. The maximum absolute atomic E-state index is 5.64. The molecule has 2 nitrogen and oxygen atoms in total. The fraction of sp³-hybridized carbons (Fsp3) is 0.364. The van der Waals surface area contributed by atoms with Crippen molar-refractivity contribution in [2.75, 3.05) is 0 Å². The Balaban J connectivity index is 2.78. The molecule has 0 spiro atoms. The second-order valence-corrected chi connectivity index (χ2v) is 3.67. The quantitative estimate of drug-likeness (QED) is 0.774. The number of thiocarbonyl (C=S) groups is 1. The maximum Gasteiger partial charge on any atom is 0.120 e. The molecule has 0 saturated carbocycles. The SMILES string of the molecule is CCC(C)Oc1cccc(C(N)=S)c1. The van der Waals surface area contributed by atoms with E-state index in [0.717, 1.165) is 17.7 Å². The summed E-state index contributed by atoms with van der Waals surface area (Å²) in [7, 11) is 0. The molecular formula is C11H15NOS. The Kier molecular flexibility index (Phi) is 3.89. The van der Waals surface area contributed by atoms with E-state index in [2.05, 4.69) is 6.92 Å². The maximum atomic E-state index is 5.64. The Labute approximate surface area is 90.1 Å². The molecule has 0 heterocycles. The van der Waals surface area contributed by atoms with Crippen molar-refractivity contribution in [3.8, 4) is 5.75 Å². The molecule has 0 amide bonds. The molecule has 14 heavy (non-hydrogen) atoms. The van der Waals surface area contributed by atoms with Gasteiger partial charge >= 0.3 is 0 Å². The average molecular weight is 209 g/mol. The minimum absolute atomic E-state index is 0.219. The molecule has 0 bridgehead atoms. The third-order valence-electron chi connectivity index (χ3n) is 2.03. The van der Waals surface area contributed by atoms with E-state index in [9.17, 15) is 0 Å². The Morgan fingerprint density at radius 3 is 2.86 bits per heavy atom. The van der Waals surface area contributed by atoms with Crippen LogP contribution in [0.1, 0.15) is 25.8 Å². The van der Waals surface area contributed by atoms with Gasteiger partial charge in [0.2, 0.25) is 0 Å². The third kappa shape index (κ3) is 3.00. The molecule has 1 unspecified atom stereocenters. The highest BCUT2D eigenvalue weighted by molar-refractivity contribution is 7.80. The van der Waals surface area contributed by atoms with Gasteiger partial charge in [-0.25, -0.2) is 0 Å². The fourth-order valence-electron chi connectivity index (χ4n) is 1.04. The first kappa shape index (κ1) is 11.0. The van der Waals surface area contributed by atoms with Crippen LogP contribution in [0.15, 0.2) is 24.3 Å². The first-order valence-corrected chi connectivity index (χ1v) is 5.10. The molecule has 0 saturated heterocycles. The van der Waals surface area contributed by atoms with Gasteiger partial charge in [0.1, 0.15) is 10.7 Å². The van der Waals surface area contributed by atoms with Crippen molar-refractivity contribution in [3.63, 3.8) is 0 Å². The predicted octanol–water partition coefficient (Wildman–Crippen LogP) is 2.50. The van der Waals surface area contributed by atoms with Crippen LogP contribution in [0.5, 0.6) is 5.75 Å². The monoisotopic (exact) mass is 209 g/mol. The molecule has 2 N–H and O–H groups in total. The number of rotatable bonds is 4. The first-order chi connectivity index (χ1) is 6.63. The van der Waals surface area contributed by atoms with Crippen LogP contribution in [-0.2, 0) is 0 Å². The number of benzene rings is 1. The van der Waals surface area contributed by atoms with Crippen molar-refractivity contribution in [3.05, 3.63) is 29.8 Å². The Morgan fingerprint density at radius 2 is 2.29 bits per heavy atom. The van der Waals surface area contributed by atoms with Crippen LogP contribution < -0.4 is 10.5 Å². The lowest BCUT2D eigenvalue weighted by atomic mass is 10.2. The van der Waals surface area contributed by atoms with Gasteiger partial charge < -0.3 is 10.5 Å². The minimum Gasteiger partial charge on any atom is -0.491 e. The number of nitrogens with two attached hydrogens (primary N) is 1. The largest absolute Gasteiger partial charge is 0.491 e. The van der Waals surface area contributed by atoms with E-state index < -0.39 is 0 Å². The second-order valence-electron chi connectivity index (χ2n) is 3.23. The van der Waals surface area contributed by atoms with Crippen LogP contribution in [-0.4, -0.2) is 11.1 Å². The van der Waals surface area contributed by atoms with Crippen LogP contribution >= 0.6 is 12.2 Å². The van der Waals surface area contributed by atoms with Gasteiger partial charge in [-0.1, -0.05) is 31.3 Å². The standard InChI is InChI=1S/C11H15NOS/c1-3-8(2)13-10-6-4-5-9(7-10)11(12)14/h4-8H,3H2,1-2H3,(H2,12,14). The highest BCUT2D eigenvalue weighted by atomic mass is 32.1. The lowest BCUT2D eigenvalue weighted by Gasteiger charge is -2.12. The summed E-state index contributed by atoms with van der Waals surface area (Å²) in [6.45, 7) is 4.12. The number of ether oxygens (including phenoxy) is 1. The van der Waals surface area contributed by atoms with Crippen molar-refractivity contribution in [1.82, 2.24) is 0 Å². The van der Waals surface area contributed by atoms with Crippen molar-refractivity contribution in [1.29, 1.82) is 0 Å². The summed E-state index contributed by atoms with van der Waals surface area (Å²) in [5.74, 6) is 0.824. The Bertz CT molecular complexity index is 325. The van der Waals surface area contributed by atoms with Gasteiger partial charge in [-0.05, 0) is 25.5 Å². The normalized spacial score (nSPS) is 12.1. The second kappa shape index (κ2) is 4.96. The van der Waals surface area contributed by atoms with E-state index in [-0.39, 0.29) is 6.10 Å². The summed E-state index contributed by atoms with van der Waals surface area (Å²) in [5, 5.41) is 0. The summed E-state index contributed by atoms with van der Waals surface area (Å²) in [6, 6.07) is 7.56. The van der Waals surface area contributed by atoms with E-state index in [0.29, 0.717) is 4.99 Å². The molecule has 3 heteroatoms. The van der Waals surface area contributed by atoms with Gasteiger partial charge in [0.15, 0.2) is 0 Å². The van der Waals surface area contributed by atoms with Crippen LogP contribution in [0.4, 0.5) is 0 Å². The van der Waals surface area contributed by atoms with E-state index in [1.165, 1.54) is 0 Å². The predicted molar refractivity (Wildman–Crippen MR) is 62.7 cm³/mol. The zero-order chi connectivity index (χ0) is 10.6. The lowest BCUT2D eigenvalue weighted by molar-refractivity contribution is 0.217. The lowest BCUT2D eigenvalue weighted by Crippen LogP contribution is -2.12. The molecule has 1 atom stereocenters. The van der Waals surface area contributed by atoms with Crippen molar-refractivity contribution in [2.45, 2.75) is 26.4 Å². The highest BCUT2D eigenvalue weighted by Gasteiger charge is 2.02. The zero-order valence-corrected chi connectivity index (χ0v) is 9.30. The van der Waals surface area contributed by atoms with E-state index in [1.54, 1.807) is 0 Å². The molecule has 0 radical (unpaired) electrons. The summed E-state index contributed by atoms with van der Waals surface area (Å²) in [4.78, 5) is 0.402. The summed E-state index contributed by atoms with van der Waals surface area (Å²) >= 11 is 4.89. The van der Waals surface area contributed by atoms with Crippen LogP contribution in [0, 0.1) is 0 Å². The van der Waals surface area contributed by atoms with Crippen LogP contribution in [0.3, 0.4) is 0 Å². The van der Waals surface area contributed by atoms with Gasteiger partial charge in [-0.2, -0.15) is 0 Å². The van der Waals surface area contributed by atoms with E-state index >= 15 is 0 Å². The van der Waals surface area contributed by atoms with Crippen molar-refractivity contribution in [2.24, 2.45) is 5.73 Å². The van der Waals surface area contributed by atoms with Gasteiger partial charge in [0, 0.05) is 5.56 Å². The zero-order valence-electron chi connectivity index (χ0n) is 8.49. The molecule has 1 aromatic rings. The summed E-state index contributed by atoms with van der Waals surface area (Å²) in [5.41, 5.74) is 6.37. The highest BCUT2D eigenvalue weighted by Crippen LogP contribution is 2.15. The van der Waals surface area contributed by atoms with E-state index in [1.807, 2.05) is 31.2 Å². The number of hydrogen-bond acceptors (Lipinski definition) is 2. The molecule has 0 aromatic heterocycles.